The van der Waals surface area contributed by atoms with Crippen LogP contribution >= 0.6 is 0 Å². The van der Waals surface area contributed by atoms with Gasteiger partial charge in [0.2, 0.25) is 0 Å². The smallest absolute Gasteiger partial charge is 0.344 e. The van der Waals surface area contributed by atoms with Crippen LogP contribution in [0.15, 0.2) is 36.4 Å². The van der Waals surface area contributed by atoms with Crippen molar-refractivity contribution in [3.63, 3.8) is 0 Å². The van der Waals surface area contributed by atoms with Gasteiger partial charge in [-0.3, -0.25) is 4.79 Å². The Morgan fingerprint density at radius 2 is 1.64 bits per heavy atom. The molecule has 0 aromatic heterocycles. The minimum atomic E-state index is -0.548. The van der Waals surface area contributed by atoms with Gasteiger partial charge in [0.1, 0.15) is 5.75 Å². The molecule has 2 aromatic rings. The van der Waals surface area contributed by atoms with E-state index in [-0.39, 0.29) is 19.0 Å². The molecule has 1 aliphatic rings. The van der Waals surface area contributed by atoms with Crippen molar-refractivity contribution in [3.8, 4) is 5.75 Å². The minimum absolute atomic E-state index is 0.186. The topological polar surface area (TPSA) is 52.6 Å². The van der Waals surface area contributed by atoms with E-state index < -0.39 is 5.97 Å². The molecule has 0 bridgehead atoms. The molecule has 2 aromatic carbocycles. The number of carbonyl (C=O) groups excluding carboxylic acids is 2. The second-order valence-electron chi connectivity index (χ2n) is 6.53. The number of benzene rings is 2. The molecule has 0 N–H and O–H groups in total. The highest BCUT2D eigenvalue weighted by molar-refractivity contribution is 5.98. The van der Waals surface area contributed by atoms with E-state index in [1.807, 2.05) is 50.2 Å². The fraction of sp³-hybridized carbons (Fsp3) is 0.333. The lowest BCUT2D eigenvalue weighted by atomic mass is 10.0. The summed E-state index contributed by atoms with van der Waals surface area (Å²) in [5.41, 5.74) is 5.28. The zero-order valence-electron chi connectivity index (χ0n) is 14.6. The van der Waals surface area contributed by atoms with Crippen LogP contribution in [0.4, 0.5) is 0 Å². The number of rotatable bonds is 6. The highest BCUT2D eigenvalue weighted by Gasteiger charge is 2.15. The van der Waals surface area contributed by atoms with Crippen LogP contribution in [0.3, 0.4) is 0 Å². The third kappa shape index (κ3) is 4.47. The molecule has 25 heavy (non-hydrogen) atoms. The van der Waals surface area contributed by atoms with Crippen molar-refractivity contribution in [2.45, 2.75) is 33.1 Å². The van der Waals surface area contributed by atoms with Gasteiger partial charge in [-0.2, -0.15) is 0 Å². The number of hydrogen-bond donors (Lipinski definition) is 0. The maximum absolute atomic E-state index is 12.2. The Morgan fingerprint density at radius 1 is 0.920 bits per heavy atom. The number of aryl methyl sites for hydroxylation is 4. The lowest BCUT2D eigenvalue weighted by Crippen LogP contribution is -2.19. The number of ketones is 1. The summed E-state index contributed by atoms with van der Waals surface area (Å²) < 4.78 is 10.5. The molecule has 0 amide bonds. The molecule has 1 aliphatic carbocycles. The van der Waals surface area contributed by atoms with Gasteiger partial charge in [-0.1, -0.05) is 18.2 Å². The first kappa shape index (κ1) is 17.2. The van der Waals surface area contributed by atoms with Crippen LogP contribution in [-0.2, 0) is 22.4 Å². The highest BCUT2D eigenvalue weighted by atomic mass is 16.6. The number of esters is 1. The second-order valence-corrected chi connectivity index (χ2v) is 6.53. The summed E-state index contributed by atoms with van der Waals surface area (Å²) in [4.78, 5) is 24.0. The first-order valence-corrected chi connectivity index (χ1v) is 8.53. The fourth-order valence-corrected chi connectivity index (χ4v) is 3.17. The van der Waals surface area contributed by atoms with Crippen LogP contribution in [0.1, 0.15) is 39.0 Å². The average molecular weight is 338 g/mol. The number of ether oxygens (including phenoxy) is 2. The summed E-state index contributed by atoms with van der Waals surface area (Å²) in [6, 6.07) is 11.5. The third-order valence-electron chi connectivity index (χ3n) is 4.34. The molecule has 0 unspecified atom stereocenters. The van der Waals surface area contributed by atoms with Crippen LogP contribution in [0, 0.1) is 13.8 Å². The van der Waals surface area contributed by atoms with E-state index in [9.17, 15) is 9.59 Å². The van der Waals surface area contributed by atoms with E-state index in [2.05, 4.69) is 0 Å². The van der Waals surface area contributed by atoms with Gasteiger partial charge in [-0.25, -0.2) is 4.79 Å². The molecule has 4 nitrogen and oxygen atoms in total. The fourth-order valence-electron chi connectivity index (χ4n) is 3.17. The van der Waals surface area contributed by atoms with Crippen LogP contribution in [0.25, 0.3) is 0 Å². The quantitative estimate of drug-likeness (QED) is 0.596. The largest absolute Gasteiger partial charge is 0.482 e. The van der Waals surface area contributed by atoms with E-state index in [0.29, 0.717) is 11.3 Å². The zero-order valence-corrected chi connectivity index (χ0v) is 14.6. The Hall–Kier alpha value is -2.62. The summed E-state index contributed by atoms with van der Waals surface area (Å²) in [5, 5.41) is 0. The predicted molar refractivity (Wildman–Crippen MR) is 95.2 cm³/mol. The molecule has 0 saturated heterocycles. The third-order valence-corrected chi connectivity index (χ3v) is 4.34. The predicted octanol–water partition coefficient (Wildman–Crippen LogP) is 3.60. The molecule has 0 spiro atoms. The van der Waals surface area contributed by atoms with Gasteiger partial charge >= 0.3 is 5.97 Å². The average Bonchev–Trinajstić information content (AvgIpc) is 3.04. The van der Waals surface area contributed by atoms with E-state index in [1.54, 1.807) is 0 Å². The molecule has 4 heteroatoms. The summed E-state index contributed by atoms with van der Waals surface area (Å²) >= 11 is 0. The molecular weight excluding hydrogens is 316 g/mol. The molecule has 0 heterocycles. The van der Waals surface area contributed by atoms with Crippen molar-refractivity contribution in [2.75, 3.05) is 13.2 Å². The monoisotopic (exact) mass is 338 g/mol. The van der Waals surface area contributed by atoms with Crippen LogP contribution < -0.4 is 4.74 Å². The molecule has 130 valence electrons. The van der Waals surface area contributed by atoms with Crippen molar-refractivity contribution in [2.24, 2.45) is 0 Å². The normalized spacial score (nSPS) is 12.6. The van der Waals surface area contributed by atoms with Crippen LogP contribution in [0.5, 0.6) is 5.75 Å². The minimum Gasteiger partial charge on any atom is -0.482 e. The van der Waals surface area contributed by atoms with E-state index in [0.717, 1.165) is 30.4 Å². The summed E-state index contributed by atoms with van der Waals surface area (Å²) in [6.45, 7) is 3.47. The van der Waals surface area contributed by atoms with Crippen molar-refractivity contribution < 1.29 is 19.1 Å². The number of Topliss-reactive ketones (excluding diaryl/α,β-unsaturated/α-hetero) is 1. The van der Waals surface area contributed by atoms with Gasteiger partial charge in [-0.05, 0) is 73.6 Å². The van der Waals surface area contributed by atoms with Gasteiger partial charge < -0.3 is 9.47 Å². The van der Waals surface area contributed by atoms with E-state index in [4.69, 9.17) is 9.47 Å². The van der Waals surface area contributed by atoms with Gasteiger partial charge in [0.25, 0.3) is 0 Å². The maximum Gasteiger partial charge on any atom is 0.344 e. The summed E-state index contributed by atoms with van der Waals surface area (Å²) in [5.74, 6) is -0.109. The van der Waals surface area contributed by atoms with Gasteiger partial charge in [0, 0.05) is 5.56 Å². The highest BCUT2D eigenvalue weighted by Crippen LogP contribution is 2.23. The zero-order chi connectivity index (χ0) is 17.8. The lowest BCUT2D eigenvalue weighted by Gasteiger charge is -2.09. The lowest BCUT2D eigenvalue weighted by molar-refractivity contribution is -0.144. The van der Waals surface area contributed by atoms with Crippen molar-refractivity contribution >= 4 is 11.8 Å². The van der Waals surface area contributed by atoms with Gasteiger partial charge in [0.05, 0.1) is 0 Å². The van der Waals surface area contributed by atoms with E-state index in [1.165, 1.54) is 11.1 Å². The molecule has 3 rings (SSSR count). The first-order valence-electron chi connectivity index (χ1n) is 8.53. The Kier molecular flexibility index (Phi) is 5.17. The second kappa shape index (κ2) is 7.51. The van der Waals surface area contributed by atoms with Crippen LogP contribution in [-0.4, -0.2) is 25.0 Å². The Bertz CT molecular complexity index is 787. The first-order chi connectivity index (χ1) is 12.0. The summed E-state index contributed by atoms with van der Waals surface area (Å²) in [7, 11) is 0. The van der Waals surface area contributed by atoms with Gasteiger partial charge in [0.15, 0.2) is 19.0 Å². The van der Waals surface area contributed by atoms with Crippen molar-refractivity contribution in [3.05, 3.63) is 64.2 Å². The molecule has 0 saturated carbocycles. The molecular formula is C21H22O4. The van der Waals surface area contributed by atoms with E-state index >= 15 is 0 Å². The number of carbonyl (C=O) groups is 2. The number of fused-ring (bicyclic) bond motifs is 1. The van der Waals surface area contributed by atoms with Gasteiger partial charge in [-0.15, -0.1) is 0 Å². The molecule has 0 radical (unpaired) electrons. The van der Waals surface area contributed by atoms with Crippen LogP contribution in [0.2, 0.25) is 0 Å². The maximum atomic E-state index is 12.2. The summed E-state index contributed by atoms with van der Waals surface area (Å²) in [6.07, 6.45) is 3.23. The van der Waals surface area contributed by atoms with Crippen molar-refractivity contribution in [1.29, 1.82) is 0 Å². The van der Waals surface area contributed by atoms with Crippen molar-refractivity contribution in [1.82, 2.24) is 0 Å². The molecule has 0 fully saturated rings. The number of hydrogen-bond acceptors (Lipinski definition) is 4. The SMILES string of the molecule is Cc1cc(C)cc(OCC(=O)OCC(=O)c2ccc3c(c2)CCC3)c1. The Labute approximate surface area is 147 Å². The standard InChI is InChI=1S/C21H22O4/c1-14-8-15(2)10-19(9-14)24-13-21(23)25-12-20(22)18-7-6-16-4-3-5-17(16)11-18/h6-11H,3-5,12-13H2,1-2H3. The Balaban J connectivity index is 1.49. The molecule has 0 atom stereocenters. The molecule has 0 aliphatic heterocycles. The Morgan fingerprint density at radius 3 is 2.40 bits per heavy atom.